The van der Waals surface area contributed by atoms with Crippen LogP contribution in [0.1, 0.15) is 55.4 Å². The molecule has 0 aliphatic heterocycles. The molecule has 0 fully saturated rings. The van der Waals surface area contributed by atoms with Crippen LogP contribution in [0.25, 0.3) is 0 Å². The second-order valence-electron chi connectivity index (χ2n) is 5.51. The van der Waals surface area contributed by atoms with Crippen LogP contribution in [0, 0.1) is 6.92 Å². The van der Waals surface area contributed by atoms with Crippen LogP contribution >= 0.6 is 23.1 Å². The van der Waals surface area contributed by atoms with Crippen LogP contribution in [0.3, 0.4) is 0 Å². The van der Waals surface area contributed by atoms with Gasteiger partial charge in [0.15, 0.2) is 5.82 Å². The van der Waals surface area contributed by atoms with Gasteiger partial charge in [0.05, 0.1) is 10.9 Å². The Morgan fingerprint density at radius 2 is 2.11 bits per heavy atom. The Hall–Kier alpha value is -0.880. The van der Waals surface area contributed by atoms with E-state index in [-0.39, 0.29) is 10.7 Å². The minimum absolute atomic E-state index is 0.120. The second kappa shape index (κ2) is 5.63. The predicted molar refractivity (Wildman–Crippen MR) is 79.6 cm³/mol. The molecule has 19 heavy (non-hydrogen) atoms. The molecule has 2 aromatic heterocycles. The average molecular weight is 297 g/mol. The first-order chi connectivity index (χ1) is 8.86. The Kier molecular flexibility index (Phi) is 4.30. The molecule has 0 aromatic carbocycles. The fraction of sp³-hybridized carbons (Fsp3) is 0.615. The fourth-order valence-corrected chi connectivity index (χ4v) is 3.44. The number of hydrogen-bond acceptors (Lipinski definition) is 6. The number of rotatable bonds is 4. The highest BCUT2D eigenvalue weighted by atomic mass is 32.2. The lowest BCUT2D eigenvalue weighted by Crippen LogP contribution is -2.11. The van der Waals surface area contributed by atoms with E-state index in [4.69, 9.17) is 4.52 Å². The number of aryl methyl sites for hydroxylation is 1. The smallest absolute Gasteiger partial charge is 0.239 e. The molecule has 0 amide bonds. The SMILES string of the molecule is Cc1noc([C@@H](C)SCc2nc(C(C)(C)C)cs2)n1. The molecule has 2 heterocycles. The van der Waals surface area contributed by atoms with Crippen LogP contribution in [-0.2, 0) is 11.2 Å². The number of hydrogen-bond donors (Lipinski definition) is 0. The summed E-state index contributed by atoms with van der Waals surface area (Å²) in [7, 11) is 0. The molecule has 0 N–H and O–H groups in total. The second-order valence-corrected chi connectivity index (χ2v) is 7.78. The molecule has 0 radical (unpaired) electrons. The summed E-state index contributed by atoms with van der Waals surface area (Å²) in [5.41, 5.74) is 1.28. The third-order valence-electron chi connectivity index (χ3n) is 2.67. The van der Waals surface area contributed by atoms with E-state index in [2.05, 4.69) is 48.2 Å². The van der Waals surface area contributed by atoms with Gasteiger partial charge in [-0.2, -0.15) is 4.98 Å². The van der Waals surface area contributed by atoms with Crippen LogP contribution < -0.4 is 0 Å². The van der Waals surface area contributed by atoms with Crippen molar-refractivity contribution in [3.63, 3.8) is 0 Å². The van der Waals surface area contributed by atoms with Crippen molar-refractivity contribution in [2.45, 2.75) is 51.0 Å². The molecular weight excluding hydrogens is 278 g/mol. The number of aromatic nitrogens is 3. The number of thiazole rings is 1. The van der Waals surface area contributed by atoms with Crippen LogP contribution in [0.2, 0.25) is 0 Å². The zero-order valence-electron chi connectivity index (χ0n) is 11.9. The Bertz CT molecular complexity index is 542. The highest BCUT2D eigenvalue weighted by molar-refractivity contribution is 7.98. The van der Waals surface area contributed by atoms with Gasteiger partial charge in [0.25, 0.3) is 0 Å². The van der Waals surface area contributed by atoms with Crippen molar-refractivity contribution < 1.29 is 4.52 Å². The van der Waals surface area contributed by atoms with Crippen molar-refractivity contribution in [3.8, 4) is 0 Å². The monoisotopic (exact) mass is 297 g/mol. The van der Waals surface area contributed by atoms with Crippen molar-refractivity contribution in [1.29, 1.82) is 0 Å². The molecular formula is C13H19N3OS2. The van der Waals surface area contributed by atoms with Gasteiger partial charge in [0.1, 0.15) is 5.01 Å². The maximum Gasteiger partial charge on any atom is 0.239 e. The lowest BCUT2D eigenvalue weighted by molar-refractivity contribution is 0.376. The van der Waals surface area contributed by atoms with E-state index in [9.17, 15) is 0 Å². The molecule has 0 saturated heterocycles. The highest BCUT2D eigenvalue weighted by Gasteiger charge is 2.18. The quantitative estimate of drug-likeness (QED) is 0.849. The van der Waals surface area contributed by atoms with E-state index in [1.165, 1.54) is 0 Å². The van der Waals surface area contributed by atoms with Crippen molar-refractivity contribution in [3.05, 3.63) is 27.8 Å². The third-order valence-corrected chi connectivity index (χ3v) is 4.84. The highest BCUT2D eigenvalue weighted by Crippen LogP contribution is 2.32. The zero-order chi connectivity index (χ0) is 14.0. The fourth-order valence-electron chi connectivity index (χ4n) is 1.47. The predicted octanol–water partition coefficient (Wildman–Crippen LogP) is 4.13. The first kappa shape index (κ1) is 14.5. The van der Waals surface area contributed by atoms with Gasteiger partial charge >= 0.3 is 0 Å². The lowest BCUT2D eigenvalue weighted by atomic mass is 9.93. The van der Waals surface area contributed by atoms with E-state index >= 15 is 0 Å². The van der Waals surface area contributed by atoms with Crippen molar-refractivity contribution in [1.82, 2.24) is 15.1 Å². The Morgan fingerprint density at radius 1 is 1.37 bits per heavy atom. The van der Waals surface area contributed by atoms with E-state index in [0.717, 1.165) is 16.5 Å². The maximum absolute atomic E-state index is 5.18. The summed E-state index contributed by atoms with van der Waals surface area (Å²) in [6.45, 7) is 10.5. The molecule has 0 aliphatic carbocycles. The number of nitrogens with zero attached hydrogens (tertiary/aromatic N) is 3. The topological polar surface area (TPSA) is 51.8 Å². The summed E-state index contributed by atoms with van der Waals surface area (Å²) in [5, 5.41) is 7.32. The van der Waals surface area contributed by atoms with E-state index in [1.54, 1.807) is 23.1 Å². The molecule has 4 nitrogen and oxygen atoms in total. The summed E-state index contributed by atoms with van der Waals surface area (Å²) in [4.78, 5) is 8.94. The summed E-state index contributed by atoms with van der Waals surface area (Å²) < 4.78 is 5.18. The summed E-state index contributed by atoms with van der Waals surface area (Å²) in [6, 6.07) is 0. The van der Waals surface area contributed by atoms with Gasteiger partial charge in [-0.3, -0.25) is 0 Å². The third kappa shape index (κ3) is 3.79. The molecule has 0 bridgehead atoms. The minimum atomic E-state index is 0.120. The van der Waals surface area contributed by atoms with Crippen LogP contribution in [-0.4, -0.2) is 15.1 Å². The average Bonchev–Trinajstić information content (AvgIpc) is 2.93. The van der Waals surface area contributed by atoms with Gasteiger partial charge in [0, 0.05) is 16.5 Å². The van der Waals surface area contributed by atoms with E-state index in [1.807, 2.05) is 6.92 Å². The maximum atomic E-state index is 5.18. The standard InChI is InChI=1S/C13H19N3OS2/c1-8(12-14-9(2)16-17-12)18-7-11-15-10(6-19-11)13(3,4)5/h6,8H,7H2,1-5H3/t8-/m1/s1. The largest absolute Gasteiger partial charge is 0.338 e. The summed E-state index contributed by atoms with van der Waals surface area (Å²) in [5.74, 6) is 2.25. The molecule has 0 spiro atoms. The van der Waals surface area contributed by atoms with Crippen molar-refractivity contribution in [2.75, 3.05) is 0 Å². The lowest BCUT2D eigenvalue weighted by Gasteiger charge is -2.14. The molecule has 0 saturated carbocycles. The zero-order valence-corrected chi connectivity index (χ0v) is 13.6. The van der Waals surface area contributed by atoms with Crippen molar-refractivity contribution in [2.24, 2.45) is 0 Å². The molecule has 6 heteroatoms. The van der Waals surface area contributed by atoms with Crippen LogP contribution in [0.15, 0.2) is 9.90 Å². The Labute approximate surface area is 122 Å². The molecule has 1 atom stereocenters. The molecule has 104 valence electrons. The minimum Gasteiger partial charge on any atom is -0.338 e. The summed E-state index contributed by atoms with van der Waals surface area (Å²) in [6.07, 6.45) is 0. The molecule has 2 aromatic rings. The van der Waals surface area contributed by atoms with Crippen LogP contribution in [0.5, 0.6) is 0 Å². The first-order valence-electron chi connectivity index (χ1n) is 6.23. The van der Waals surface area contributed by atoms with Gasteiger partial charge in [-0.1, -0.05) is 25.9 Å². The normalized spacial score (nSPS) is 13.7. The van der Waals surface area contributed by atoms with Crippen molar-refractivity contribution >= 4 is 23.1 Å². The van der Waals surface area contributed by atoms with Crippen LogP contribution in [0.4, 0.5) is 0 Å². The Balaban J connectivity index is 1.94. The summed E-state index contributed by atoms with van der Waals surface area (Å²) >= 11 is 3.49. The van der Waals surface area contributed by atoms with Gasteiger partial charge in [-0.05, 0) is 13.8 Å². The molecule has 0 aliphatic rings. The molecule has 0 unspecified atom stereocenters. The van der Waals surface area contributed by atoms with Gasteiger partial charge < -0.3 is 4.52 Å². The Morgan fingerprint density at radius 3 is 2.63 bits per heavy atom. The first-order valence-corrected chi connectivity index (χ1v) is 8.16. The van der Waals surface area contributed by atoms with Gasteiger partial charge in [0.2, 0.25) is 5.89 Å². The van der Waals surface area contributed by atoms with E-state index in [0.29, 0.717) is 11.7 Å². The van der Waals surface area contributed by atoms with Gasteiger partial charge in [-0.25, -0.2) is 4.98 Å². The number of thioether (sulfide) groups is 1. The molecule has 2 rings (SSSR count). The van der Waals surface area contributed by atoms with E-state index < -0.39 is 0 Å². The van der Waals surface area contributed by atoms with Gasteiger partial charge in [-0.15, -0.1) is 23.1 Å².